The molecule has 0 aliphatic rings. The van der Waals surface area contributed by atoms with Gasteiger partial charge in [-0.05, 0) is 18.4 Å². The van der Waals surface area contributed by atoms with E-state index in [-0.39, 0.29) is 0 Å². The Morgan fingerprint density at radius 3 is 2.43 bits per heavy atom. The molecule has 2 aromatic rings. The van der Waals surface area contributed by atoms with Gasteiger partial charge >= 0.3 is 0 Å². The van der Waals surface area contributed by atoms with E-state index in [4.69, 9.17) is 0 Å². The van der Waals surface area contributed by atoms with Crippen molar-refractivity contribution in [3.8, 4) is 0 Å². The largest absolute Gasteiger partial charge is 0.207 e. The first-order chi connectivity index (χ1) is 6.75. The fourth-order valence-corrected chi connectivity index (χ4v) is 1.42. The SMILES string of the molecule is CC.Cc1ccc2c[n+](C)ccc2c1. The normalized spacial score (nSPS) is 9.43. The molecule has 0 saturated carbocycles. The number of nitrogens with zero attached hydrogens (tertiary/aromatic N) is 1. The number of benzene rings is 1. The summed E-state index contributed by atoms with van der Waals surface area (Å²) < 4.78 is 2.07. The lowest BCUT2D eigenvalue weighted by atomic mass is 10.1. The van der Waals surface area contributed by atoms with Crippen molar-refractivity contribution < 1.29 is 4.57 Å². The number of pyridine rings is 1. The molecule has 0 atom stereocenters. The van der Waals surface area contributed by atoms with E-state index in [2.05, 4.69) is 48.1 Å². The van der Waals surface area contributed by atoms with E-state index in [1.807, 2.05) is 20.9 Å². The van der Waals surface area contributed by atoms with Crippen molar-refractivity contribution in [3.05, 3.63) is 42.2 Å². The van der Waals surface area contributed by atoms with Gasteiger partial charge in [0.2, 0.25) is 0 Å². The van der Waals surface area contributed by atoms with Crippen LogP contribution in [0.15, 0.2) is 36.7 Å². The summed E-state index contributed by atoms with van der Waals surface area (Å²) in [6.07, 6.45) is 4.20. The van der Waals surface area contributed by atoms with Crippen LogP contribution in [-0.4, -0.2) is 0 Å². The molecule has 0 N–H and O–H groups in total. The lowest BCUT2D eigenvalue weighted by molar-refractivity contribution is -0.670. The molecule has 0 fully saturated rings. The van der Waals surface area contributed by atoms with Crippen molar-refractivity contribution >= 4 is 10.8 Å². The van der Waals surface area contributed by atoms with Crippen molar-refractivity contribution in [2.45, 2.75) is 20.8 Å². The van der Waals surface area contributed by atoms with Crippen molar-refractivity contribution in [2.24, 2.45) is 7.05 Å². The predicted molar refractivity (Wildman–Crippen MR) is 61.2 cm³/mol. The van der Waals surface area contributed by atoms with Gasteiger partial charge in [0.25, 0.3) is 0 Å². The van der Waals surface area contributed by atoms with Crippen LogP contribution in [0.2, 0.25) is 0 Å². The lowest BCUT2D eigenvalue weighted by Gasteiger charge is -1.96. The molecule has 14 heavy (non-hydrogen) atoms. The summed E-state index contributed by atoms with van der Waals surface area (Å²) in [5.41, 5.74) is 1.32. The molecule has 1 heteroatoms. The van der Waals surface area contributed by atoms with Crippen LogP contribution in [0.4, 0.5) is 0 Å². The fourth-order valence-electron chi connectivity index (χ4n) is 1.42. The van der Waals surface area contributed by atoms with E-state index < -0.39 is 0 Å². The minimum atomic E-state index is 1.30. The van der Waals surface area contributed by atoms with Crippen LogP contribution in [0.5, 0.6) is 0 Å². The standard InChI is InChI=1S/C11H12N.C2H6/c1-9-3-4-11-8-12(2)6-5-10(11)7-9;1-2/h3-8H,1-2H3;1-2H3/q+1;. The molecule has 1 nitrogen and oxygen atoms in total. The van der Waals surface area contributed by atoms with E-state index in [1.165, 1.54) is 16.3 Å². The molecule has 0 bridgehead atoms. The first kappa shape index (κ1) is 10.7. The third-order valence-electron chi connectivity index (χ3n) is 2.07. The molecule has 0 amide bonds. The molecular formula is C13H18N+. The molecule has 0 aliphatic carbocycles. The van der Waals surface area contributed by atoms with E-state index >= 15 is 0 Å². The Hall–Kier alpha value is -1.37. The summed E-state index contributed by atoms with van der Waals surface area (Å²) in [6, 6.07) is 8.64. The summed E-state index contributed by atoms with van der Waals surface area (Å²) >= 11 is 0. The minimum Gasteiger partial charge on any atom is -0.207 e. The number of aromatic nitrogens is 1. The Kier molecular flexibility index (Phi) is 3.63. The second-order valence-corrected chi connectivity index (χ2v) is 3.24. The van der Waals surface area contributed by atoms with E-state index in [0.29, 0.717) is 0 Å². The molecule has 1 heterocycles. The highest BCUT2D eigenvalue weighted by Crippen LogP contribution is 2.12. The minimum absolute atomic E-state index is 1.30. The molecular weight excluding hydrogens is 170 g/mol. The number of aryl methyl sites for hydroxylation is 2. The monoisotopic (exact) mass is 188 g/mol. The van der Waals surface area contributed by atoms with Gasteiger partial charge in [0, 0.05) is 11.5 Å². The molecule has 0 radical (unpaired) electrons. The molecule has 0 spiro atoms. The third-order valence-corrected chi connectivity index (χ3v) is 2.07. The number of fused-ring (bicyclic) bond motifs is 1. The van der Waals surface area contributed by atoms with Gasteiger partial charge in [-0.1, -0.05) is 31.5 Å². The topological polar surface area (TPSA) is 3.88 Å². The molecule has 74 valence electrons. The van der Waals surface area contributed by atoms with Gasteiger partial charge in [-0.15, -0.1) is 0 Å². The quantitative estimate of drug-likeness (QED) is 0.560. The summed E-state index contributed by atoms with van der Waals surface area (Å²) in [6.45, 7) is 6.12. The van der Waals surface area contributed by atoms with Crippen molar-refractivity contribution in [1.29, 1.82) is 0 Å². The highest BCUT2D eigenvalue weighted by atomic mass is 14.9. The van der Waals surface area contributed by atoms with Crippen LogP contribution in [0.1, 0.15) is 19.4 Å². The van der Waals surface area contributed by atoms with Crippen molar-refractivity contribution in [1.82, 2.24) is 0 Å². The Balaban J connectivity index is 0.000000461. The van der Waals surface area contributed by atoms with Crippen molar-refractivity contribution in [2.75, 3.05) is 0 Å². The average molecular weight is 188 g/mol. The van der Waals surface area contributed by atoms with Gasteiger partial charge in [-0.3, -0.25) is 0 Å². The van der Waals surface area contributed by atoms with E-state index in [0.717, 1.165) is 0 Å². The van der Waals surface area contributed by atoms with Crippen LogP contribution in [0.25, 0.3) is 10.8 Å². The van der Waals surface area contributed by atoms with Gasteiger partial charge in [-0.25, -0.2) is 4.57 Å². The van der Waals surface area contributed by atoms with Gasteiger partial charge in [-0.2, -0.15) is 0 Å². The van der Waals surface area contributed by atoms with Crippen LogP contribution < -0.4 is 4.57 Å². The molecule has 0 saturated heterocycles. The first-order valence-electron chi connectivity index (χ1n) is 5.11. The summed E-state index contributed by atoms with van der Waals surface area (Å²) in [5, 5.41) is 2.61. The second kappa shape index (κ2) is 4.75. The van der Waals surface area contributed by atoms with Gasteiger partial charge in [0.05, 0.1) is 0 Å². The van der Waals surface area contributed by atoms with Gasteiger partial charge in [0.1, 0.15) is 7.05 Å². The van der Waals surface area contributed by atoms with E-state index in [1.54, 1.807) is 0 Å². The summed E-state index contributed by atoms with van der Waals surface area (Å²) in [4.78, 5) is 0. The number of hydrogen-bond donors (Lipinski definition) is 0. The Morgan fingerprint density at radius 2 is 1.71 bits per heavy atom. The van der Waals surface area contributed by atoms with Crippen LogP contribution in [-0.2, 0) is 7.05 Å². The maximum absolute atomic E-state index is 2.20. The van der Waals surface area contributed by atoms with Gasteiger partial charge < -0.3 is 0 Å². The summed E-state index contributed by atoms with van der Waals surface area (Å²) in [5.74, 6) is 0. The highest BCUT2D eigenvalue weighted by Gasteiger charge is 1.97. The molecule has 0 aliphatic heterocycles. The van der Waals surface area contributed by atoms with Crippen LogP contribution in [0, 0.1) is 6.92 Å². The predicted octanol–water partition coefficient (Wildman–Crippen LogP) is 3.00. The maximum Gasteiger partial charge on any atom is 0.176 e. The van der Waals surface area contributed by atoms with Crippen LogP contribution >= 0.6 is 0 Å². The number of rotatable bonds is 0. The molecule has 1 aromatic heterocycles. The Bertz CT molecular complexity index is 377. The Morgan fingerprint density at radius 1 is 1.00 bits per heavy atom. The zero-order chi connectivity index (χ0) is 10.6. The average Bonchev–Trinajstić information content (AvgIpc) is 2.21. The Labute approximate surface area is 86.0 Å². The first-order valence-corrected chi connectivity index (χ1v) is 5.11. The van der Waals surface area contributed by atoms with Gasteiger partial charge in [0.15, 0.2) is 12.4 Å². The zero-order valence-electron chi connectivity index (χ0n) is 9.41. The number of hydrogen-bond acceptors (Lipinski definition) is 0. The zero-order valence-corrected chi connectivity index (χ0v) is 9.41. The molecule has 1 aromatic carbocycles. The lowest BCUT2D eigenvalue weighted by Crippen LogP contribution is -2.25. The second-order valence-electron chi connectivity index (χ2n) is 3.24. The van der Waals surface area contributed by atoms with Crippen molar-refractivity contribution in [3.63, 3.8) is 0 Å². The maximum atomic E-state index is 2.20. The smallest absolute Gasteiger partial charge is 0.176 e. The summed E-state index contributed by atoms with van der Waals surface area (Å²) in [7, 11) is 2.04. The fraction of sp³-hybridized carbons (Fsp3) is 0.308. The molecule has 0 unspecified atom stereocenters. The highest BCUT2D eigenvalue weighted by molar-refractivity contribution is 5.81. The molecule has 2 rings (SSSR count). The van der Waals surface area contributed by atoms with Crippen LogP contribution in [0.3, 0.4) is 0 Å². The third kappa shape index (κ3) is 2.32. The van der Waals surface area contributed by atoms with E-state index in [9.17, 15) is 0 Å².